The van der Waals surface area contributed by atoms with Gasteiger partial charge in [-0.1, -0.05) is 29.8 Å². The van der Waals surface area contributed by atoms with E-state index in [-0.39, 0.29) is 12.2 Å². The van der Waals surface area contributed by atoms with Crippen molar-refractivity contribution < 1.29 is 14.3 Å². The van der Waals surface area contributed by atoms with Crippen molar-refractivity contribution in [3.05, 3.63) is 65.5 Å². The summed E-state index contributed by atoms with van der Waals surface area (Å²) in [5.41, 5.74) is 0.655. The van der Waals surface area contributed by atoms with Gasteiger partial charge in [-0.3, -0.25) is 4.79 Å². The first-order valence-electron chi connectivity index (χ1n) is 6.72. The van der Waals surface area contributed by atoms with E-state index in [9.17, 15) is 14.3 Å². The number of aryl methyl sites for hydroxylation is 1. The van der Waals surface area contributed by atoms with Gasteiger partial charge in [-0.05, 0) is 43.7 Å². The van der Waals surface area contributed by atoms with E-state index in [1.54, 1.807) is 24.3 Å². The second-order valence-electron chi connectivity index (χ2n) is 5.40. The van der Waals surface area contributed by atoms with Crippen LogP contribution >= 0.6 is 0 Å². The minimum absolute atomic E-state index is 0.0441. The number of halogens is 1. The highest BCUT2D eigenvalue weighted by atomic mass is 19.1. The summed E-state index contributed by atoms with van der Waals surface area (Å²) in [6.45, 7) is 3.37. The molecule has 0 heterocycles. The van der Waals surface area contributed by atoms with Crippen LogP contribution in [0, 0.1) is 12.7 Å². The number of anilines is 1. The van der Waals surface area contributed by atoms with Gasteiger partial charge in [0, 0.05) is 12.1 Å². The highest BCUT2D eigenvalue weighted by Gasteiger charge is 2.30. The van der Waals surface area contributed by atoms with E-state index in [2.05, 4.69) is 5.32 Å². The summed E-state index contributed by atoms with van der Waals surface area (Å²) in [5, 5.41) is 13.0. The first kappa shape index (κ1) is 15.2. The van der Waals surface area contributed by atoms with Gasteiger partial charge in [0.05, 0.1) is 0 Å². The molecule has 0 saturated carbocycles. The summed E-state index contributed by atoms with van der Waals surface area (Å²) < 4.78 is 13.1. The molecule has 0 aromatic heterocycles. The molecule has 0 spiro atoms. The Balaban J connectivity index is 2.07. The Bertz CT molecular complexity index is 635. The van der Waals surface area contributed by atoms with Gasteiger partial charge in [-0.25, -0.2) is 4.39 Å². The molecular weight excluding hydrogens is 269 g/mol. The number of benzene rings is 2. The summed E-state index contributed by atoms with van der Waals surface area (Å²) >= 11 is 0. The van der Waals surface area contributed by atoms with Crippen LogP contribution in [-0.2, 0) is 11.2 Å². The van der Waals surface area contributed by atoms with Gasteiger partial charge in [0.25, 0.3) is 5.91 Å². The van der Waals surface area contributed by atoms with Crippen LogP contribution in [0.2, 0.25) is 0 Å². The van der Waals surface area contributed by atoms with Crippen molar-refractivity contribution in [2.24, 2.45) is 0 Å². The maximum absolute atomic E-state index is 13.1. The molecule has 0 radical (unpaired) electrons. The van der Waals surface area contributed by atoms with Gasteiger partial charge in [0.1, 0.15) is 11.4 Å². The Morgan fingerprint density at radius 2 is 1.90 bits per heavy atom. The Labute approximate surface area is 123 Å². The number of aliphatic hydroxyl groups is 1. The lowest BCUT2D eigenvalue weighted by molar-refractivity contribution is -0.132. The summed E-state index contributed by atoms with van der Waals surface area (Å²) in [7, 11) is 0. The third-order valence-corrected chi connectivity index (χ3v) is 3.24. The van der Waals surface area contributed by atoms with Gasteiger partial charge < -0.3 is 10.4 Å². The van der Waals surface area contributed by atoms with Gasteiger partial charge >= 0.3 is 0 Å². The third kappa shape index (κ3) is 4.13. The zero-order chi connectivity index (χ0) is 15.5. The van der Waals surface area contributed by atoms with Crippen molar-refractivity contribution in [1.29, 1.82) is 0 Å². The monoisotopic (exact) mass is 287 g/mol. The minimum atomic E-state index is -1.61. The smallest absolute Gasteiger partial charge is 0.256 e. The van der Waals surface area contributed by atoms with Crippen LogP contribution in [0.3, 0.4) is 0 Å². The molecule has 2 rings (SSSR count). The molecule has 2 N–H and O–H groups in total. The van der Waals surface area contributed by atoms with Crippen LogP contribution in [0.4, 0.5) is 10.1 Å². The molecular formula is C17H18FNO2. The molecule has 2 aromatic carbocycles. The van der Waals surface area contributed by atoms with Crippen molar-refractivity contribution in [3.63, 3.8) is 0 Å². The van der Waals surface area contributed by atoms with Gasteiger partial charge in [0.2, 0.25) is 0 Å². The van der Waals surface area contributed by atoms with Crippen LogP contribution in [-0.4, -0.2) is 16.6 Å². The number of amides is 1. The molecule has 21 heavy (non-hydrogen) atoms. The topological polar surface area (TPSA) is 49.3 Å². The fourth-order valence-corrected chi connectivity index (χ4v) is 2.03. The van der Waals surface area contributed by atoms with E-state index in [0.717, 1.165) is 5.56 Å². The normalized spacial score (nSPS) is 13.5. The summed E-state index contributed by atoms with van der Waals surface area (Å²) in [6, 6.07) is 13.2. The predicted octanol–water partition coefficient (Wildman–Crippen LogP) is 3.07. The molecule has 0 fully saturated rings. The fraction of sp³-hybridized carbons (Fsp3) is 0.235. The van der Waals surface area contributed by atoms with E-state index in [1.165, 1.54) is 19.1 Å². The van der Waals surface area contributed by atoms with E-state index >= 15 is 0 Å². The number of carbonyl (C=O) groups is 1. The molecule has 1 unspecified atom stereocenters. The summed E-state index contributed by atoms with van der Waals surface area (Å²) in [5.74, 6) is -0.905. The molecule has 1 amide bonds. The molecule has 0 aliphatic rings. The van der Waals surface area contributed by atoms with Crippen molar-refractivity contribution >= 4 is 11.6 Å². The number of nitrogens with one attached hydrogen (secondary N) is 1. The zero-order valence-electron chi connectivity index (χ0n) is 12.1. The van der Waals surface area contributed by atoms with Gasteiger partial charge in [0.15, 0.2) is 0 Å². The predicted molar refractivity (Wildman–Crippen MR) is 80.5 cm³/mol. The summed E-state index contributed by atoms with van der Waals surface area (Å²) in [6.07, 6.45) is 0.0441. The second-order valence-corrected chi connectivity index (χ2v) is 5.40. The maximum Gasteiger partial charge on any atom is 0.256 e. The lowest BCUT2D eigenvalue weighted by Gasteiger charge is -2.22. The lowest BCUT2D eigenvalue weighted by Crippen LogP contribution is -2.42. The highest BCUT2D eigenvalue weighted by Crippen LogP contribution is 2.17. The van der Waals surface area contributed by atoms with E-state index < -0.39 is 11.5 Å². The highest BCUT2D eigenvalue weighted by molar-refractivity contribution is 5.97. The van der Waals surface area contributed by atoms with Crippen LogP contribution < -0.4 is 5.32 Å². The summed E-state index contributed by atoms with van der Waals surface area (Å²) in [4.78, 5) is 12.2. The average Bonchev–Trinajstić information content (AvgIpc) is 2.41. The van der Waals surface area contributed by atoms with Crippen LogP contribution in [0.15, 0.2) is 48.5 Å². The minimum Gasteiger partial charge on any atom is -0.380 e. The molecule has 2 aromatic rings. The van der Waals surface area contributed by atoms with Crippen LogP contribution in [0.5, 0.6) is 0 Å². The molecule has 0 bridgehead atoms. The van der Waals surface area contributed by atoms with Gasteiger partial charge in [-0.15, -0.1) is 0 Å². The van der Waals surface area contributed by atoms with Crippen molar-refractivity contribution in [2.45, 2.75) is 25.9 Å². The average molecular weight is 287 g/mol. The van der Waals surface area contributed by atoms with E-state index in [0.29, 0.717) is 11.3 Å². The SMILES string of the molecule is Cc1ccc(NC(=O)C(C)(O)Cc2cccc(F)c2)cc1. The molecule has 3 nitrogen and oxygen atoms in total. The number of rotatable bonds is 4. The Morgan fingerprint density at radius 3 is 2.52 bits per heavy atom. The maximum atomic E-state index is 13.1. The van der Waals surface area contributed by atoms with Crippen LogP contribution in [0.1, 0.15) is 18.1 Å². The quantitative estimate of drug-likeness (QED) is 0.908. The zero-order valence-corrected chi connectivity index (χ0v) is 12.1. The Hall–Kier alpha value is -2.20. The first-order valence-corrected chi connectivity index (χ1v) is 6.72. The van der Waals surface area contributed by atoms with Crippen molar-refractivity contribution in [1.82, 2.24) is 0 Å². The third-order valence-electron chi connectivity index (χ3n) is 3.24. The number of carbonyl (C=O) groups excluding carboxylic acids is 1. The molecule has 0 saturated heterocycles. The first-order chi connectivity index (χ1) is 9.87. The molecule has 0 aliphatic heterocycles. The van der Waals surface area contributed by atoms with E-state index in [1.807, 2.05) is 19.1 Å². The largest absolute Gasteiger partial charge is 0.380 e. The Kier molecular flexibility index (Phi) is 4.38. The second kappa shape index (κ2) is 6.06. The van der Waals surface area contributed by atoms with Crippen molar-refractivity contribution in [2.75, 3.05) is 5.32 Å². The van der Waals surface area contributed by atoms with Crippen molar-refractivity contribution in [3.8, 4) is 0 Å². The number of hydrogen-bond donors (Lipinski definition) is 2. The van der Waals surface area contributed by atoms with Crippen LogP contribution in [0.25, 0.3) is 0 Å². The molecule has 0 aliphatic carbocycles. The lowest BCUT2D eigenvalue weighted by atomic mass is 9.95. The Morgan fingerprint density at radius 1 is 1.24 bits per heavy atom. The fourth-order valence-electron chi connectivity index (χ4n) is 2.03. The van der Waals surface area contributed by atoms with Gasteiger partial charge in [-0.2, -0.15) is 0 Å². The molecule has 1 atom stereocenters. The standard InChI is InChI=1S/C17H18FNO2/c1-12-6-8-15(9-7-12)19-16(20)17(2,21)11-13-4-3-5-14(18)10-13/h3-10,21H,11H2,1-2H3,(H,19,20). The molecule has 4 heteroatoms. The molecule has 110 valence electrons. The van der Waals surface area contributed by atoms with E-state index in [4.69, 9.17) is 0 Å². The number of hydrogen-bond acceptors (Lipinski definition) is 2.